The Labute approximate surface area is 130 Å². The Bertz CT molecular complexity index is 680. The fourth-order valence-corrected chi connectivity index (χ4v) is 3.07. The molecule has 3 atom stereocenters. The van der Waals surface area contributed by atoms with Gasteiger partial charge in [-0.15, -0.1) is 0 Å². The monoisotopic (exact) mass is 302 g/mol. The van der Waals surface area contributed by atoms with Gasteiger partial charge >= 0.3 is 0 Å². The van der Waals surface area contributed by atoms with Gasteiger partial charge in [-0.2, -0.15) is 0 Å². The largest absolute Gasteiger partial charge is 0.459 e. The van der Waals surface area contributed by atoms with Crippen molar-refractivity contribution in [3.63, 3.8) is 0 Å². The maximum Gasteiger partial charge on any atom is 0.237 e. The van der Waals surface area contributed by atoms with Crippen LogP contribution in [0.2, 0.25) is 0 Å². The van der Waals surface area contributed by atoms with Crippen LogP contribution < -0.4 is 10.6 Å². The van der Waals surface area contributed by atoms with Gasteiger partial charge in [-0.05, 0) is 26.3 Å². The van der Waals surface area contributed by atoms with E-state index in [2.05, 4.69) is 10.6 Å². The summed E-state index contributed by atoms with van der Waals surface area (Å²) >= 11 is 0. The molecule has 1 amide bonds. The van der Waals surface area contributed by atoms with Crippen molar-refractivity contribution in [2.24, 2.45) is 0 Å². The summed E-state index contributed by atoms with van der Waals surface area (Å²) in [4.78, 5) is 12.3. The summed E-state index contributed by atoms with van der Waals surface area (Å²) in [6.07, 6.45) is 0.813. The van der Waals surface area contributed by atoms with E-state index in [0.717, 1.165) is 22.3 Å². The Kier molecular flexibility index (Phi) is 4.18. The zero-order valence-electron chi connectivity index (χ0n) is 13.2. The summed E-state index contributed by atoms with van der Waals surface area (Å²) in [5.74, 6) is 0.808. The molecule has 2 aromatic rings. The van der Waals surface area contributed by atoms with E-state index < -0.39 is 0 Å². The molecule has 22 heavy (non-hydrogen) atoms. The summed E-state index contributed by atoms with van der Waals surface area (Å²) in [5, 5.41) is 7.32. The molecule has 0 spiro atoms. The highest BCUT2D eigenvalue weighted by Crippen LogP contribution is 2.29. The molecule has 1 fully saturated rings. The highest BCUT2D eigenvalue weighted by molar-refractivity contribution is 5.84. The molecule has 1 aromatic carbocycles. The molecule has 5 heteroatoms. The van der Waals surface area contributed by atoms with Gasteiger partial charge in [0.25, 0.3) is 0 Å². The van der Waals surface area contributed by atoms with Gasteiger partial charge in [0.1, 0.15) is 11.3 Å². The minimum absolute atomic E-state index is 0.00749. The zero-order chi connectivity index (χ0) is 15.7. The van der Waals surface area contributed by atoms with Crippen LogP contribution >= 0.6 is 0 Å². The number of para-hydroxylation sites is 1. The van der Waals surface area contributed by atoms with Crippen LogP contribution in [0.1, 0.15) is 30.7 Å². The lowest BCUT2D eigenvalue weighted by Gasteiger charge is -2.16. The quantitative estimate of drug-likeness (QED) is 0.909. The molecule has 2 heterocycles. The van der Waals surface area contributed by atoms with Gasteiger partial charge in [-0.25, -0.2) is 0 Å². The van der Waals surface area contributed by atoms with Crippen LogP contribution in [0.15, 0.2) is 28.7 Å². The molecule has 118 valence electrons. The van der Waals surface area contributed by atoms with Crippen molar-refractivity contribution >= 4 is 16.9 Å². The van der Waals surface area contributed by atoms with E-state index in [1.807, 2.05) is 38.1 Å². The predicted molar refractivity (Wildman–Crippen MR) is 84.7 cm³/mol. The third-order valence-electron chi connectivity index (χ3n) is 4.37. The highest BCUT2D eigenvalue weighted by Gasteiger charge is 2.30. The molecule has 3 rings (SSSR count). The maximum atomic E-state index is 12.3. The van der Waals surface area contributed by atoms with Crippen molar-refractivity contribution in [1.82, 2.24) is 10.6 Å². The Morgan fingerprint density at radius 2 is 2.23 bits per heavy atom. The smallest absolute Gasteiger partial charge is 0.237 e. The molecule has 1 aromatic heterocycles. The normalized spacial score (nSPS) is 22.9. The second-order valence-corrected chi connectivity index (χ2v) is 5.87. The standard InChI is InChI=1S/C17H22N2O3/c1-10-13-6-4-5-7-15(13)22-16(10)11(2)19-17(20)14-8-12(21-3)9-18-14/h4-7,11-12,14,18H,8-9H2,1-3H3,(H,19,20)/t11-,12-,14+/m0/s1. The average Bonchev–Trinajstić information content (AvgIpc) is 3.12. The van der Waals surface area contributed by atoms with Crippen LogP contribution in [0.5, 0.6) is 0 Å². The maximum absolute atomic E-state index is 12.3. The highest BCUT2D eigenvalue weighted by atomic mass is 16.5. The Morgan fingerprint density at radius 1 is 1.45 bits per heavy atom. The molecule has 5 nitrogen and oxygen atoms in total. The third kappa shape index (κ3) is 2.74. The SMILES string of the molecule is CO[C@@H]1CN[C@@H](C(=O)N[C@@H](C)c2oc3ccccc3c2C)C1. The average molecular weight is 302 g/mol. The number of carbonyl (C=O) groups excluding carboxylic acids is 1. The minimum atomic E-state index is -0.197. The molecular weight excluding hydrogens is 280 g/mol. The van der Waals surface area contributed by atoms with Crippen molar-refractivity contribution < 1.29 is 13.9 Å². The number of methoxy groups -OCH3 is 1. The number of hydrogen-bond acceptors (Lipinski definition) is 4. The van der Waals surface area contributed by atoms with Gasteiger partial charge in [0.15, 0.2) is 0 Å². The van der Waals surface area contributed by atoms with E-state index in [1.54, 1.807) is 7.11 Å². The number of aryl methyl sites for hydroxylation is 1. The van der Waals surface area contributed by atoms with Crippen molar-refractivity contribution in [1.29, 1.82) is 0 Å². The number of carbonyl (C=O) groups is 1. The Morgan fingerprint density at radius 3 is 2.91 bits per heavy atom. The first kappa shape index (κ1) is 15.1. The van der Waals surface area contributed by atoms with Gasteiger partial charge < -0.3 is 19.8 Å². The summed E-state index contributed by atoms with van der Waals surface area (Å²) in [6, 6.07) is 7.56. The van der Waals surface area contributed by atoms with Gasteiger partial charge in [-0.1, -0.05) is 18.2 Å². The second kappa shape index (κ2) is 6.10. The molecule has 1 aliphatic rings. The predicted octanol–water partition coefficient (Wildman–Crippen LogP) is 2.30. The van der Waals surface area contributed by atoms with E-state index in [9.17, 15) is 4.79 Å². The van der Waals surface area contributed by atoms with E-state index in [1.165, 1.54) is 0 Å². The van der Waals surface area contributed by atoms with Crippen LogP contribution in [-0.4, -0.2) is 31.7 Å². The minimum Gasteiger partial charge on any atom is -0.459 e. The van der Waals surface area contributed by atoms with Crippen LogP contribution in [0.4, 0.5) is 0 Å². The van der Waals surface area contributed by atoms with Gasteiger partial charge in [-0.3, -0.25) is 4.79 Å². The molecule has 1 aliphatic heterocycles. The van der Waals surface area contributed by atoms with Crippen molar-refractivity contribution in [3.8, 4) is 0 Å². The lowest BCUT2D eigenvalue weighted by molar-refractivity contribution is -0.123. The molecule has 0 aliphatic carbocycles. The lowest BCUT2D eigenvalue weighted by Crippen LogP contribution is -2.41. The molecule has 0 saturated carbocycles. The molecule has 1 saturated heterocycles. The summed E-state index contributed by atoms with van der Waals surface area (Å²) in [7, 11) is 1.67. The van der Waals surface area contributed by atoms with Crippen LogP contribution in [0.3, 0.4) is 0 Å². The number of ether oxygens (including phenoxy) is 1. The fourth-order valence-electron chi connectivity index (χ4n) is 3.07. The second-order valence-electron chi connectivity index (χ2n) is 5.87. The summed E-state index contributed by atoms with van der Waals surface area (Å²) < 4.78 is 11.2. The molecule has 0 bridgehead atoms. The van der Waals surface area contributed by atoms with Gasteiger partial charge in [0.2, 0.25) is 5.91 Å². The number of fused-ring (bicyclic) bond motifs is 1. The van der Waals surface area contributed by atoms with E-state index in [-0.39, 0.29) is 24.1 Å². The number of hydrogen-bond donors (Lipinski definition) is 2. The first-order valence-electron chi connectivity index (χ1n) is 7.64. The fraction of sp³-hybridized carbons (Fsp3) is 0.471. The summed E-state index contributed by atoms with van der Waals surface area (Å²) in [6.45, 7) is 4.69. The van der Waals surface area contributed by atoms with Crippen LogP contribution in [-0.2, 0) is 9.53 Å². The number of furan rings is 1. The summed E-state index contributed by atoms with van der Waals surface area (Å²) in [5.41, 5.74) is 1.94. The van der Waals surface area contributed by atoms with E-state index >= 15 is 0 Å². The first-order valence-corrected chi connectivity index (χ1v) is 7.64. The van der Waals surface area contributed by atoms with Crippen molar-refractivity contribution in [2.45, 2.75) is 38.5 Å². The Hall–Kier alpha value is -1.85. The topological polar surface area (TPSA) is 63.5 Å². The first-order chi connectivity index (χ1) is 10.6. The lowest BCUT2D eigenvalue weighted by atomic mass is 10.1. The van der Waals surface area contributed by atoms with Crippen molar-refractivity contribution in [2.75, 3.05) is 13.7 Å². The van der Waals surface area contributed by atoms with Gasteiger partial charge in [0, 0.05) is 24.6 Å². The van der Waals surface area contributed by atoms with E-state index in [4.69, 9.17) is 9.15 Å². The number of rotatable bonds is 4. The molecule has 2 N–H and O–H groups in total. The van der Waals surface area contributed by atoms with E-state index in [0.29, 0.717) is 13.0 Å². The molecule has 0 radical (unpaired) electrons. The number of nitrogens with one attached hydrogen (secondary N) is 2. The zero-order valence-corrected chi connectivity index (χ0v) is 13.2. The Balaban J connectivity index is 1.72. The van der Waals surface area contributed by atoms with Crippen LogP contribution in [0.25, 0.3) is 11.0 Å². The number of amides is 1. The molecule has 0 unspecified atom stereocenters. The van der Waals surface area contributed by atoms with Crippen molar-refractivity contribution in [3.05, 3.63) is 35.6 Å². The van der Waals surface area contributed by atoms with Gasteiger partial charge in [0.05, 0.1) is 18.2 Å². The molecular formula is C17H22N2O3. The third-order valence-corrected chi connectivity index (χ3v) is 4.37. The van der Waals surface area contributed by atoms with Crippen LogP contribution in [0, 0.1) is 6.92 Å². The number of benzene rings is 1.